The van der Waals surface area contributed by atoms with E-state index in [9.17, 15) is 9.59 Å². The summed E-state index contributed by atoms with van der Waals surface area (Å²) in [5.41, 5.74) is 2.70. The molecule has 0 radical (unpaired) electrons. The lowest BCUT2D eigenvalue weighted by atomic mass is 10.1. The zero-order valence-corrected chi connectivity index (χ0v) is 20.6. The molecular weight excluding hydrogens is 442 g/mol. The number of fused-ring (bicyclic) bond motifs is 1. The van der Waals surface area contributed by atoms with Crippen molar-refractivity contribution in [3.8, 4) is 17.2 Å². The van der Waals surface area contributed by atoms with Gasteiger partial charge in [0, 0.05) is 18.7 Å². The Morgan fingerprint density at radius 3 is 2.23 bits per heavy atom. The molecule has 0 fully saturated rings. The number of rotatable bonds is 7. The first kappa shape index (κ1) is 24.0. The Balaban J connectivity index is 1.83. The number of hydrogen-bond donors (Lipinski definition) is 0. The Morgan fingerprint density at radius 2 is 1.63 bits per heavy atom. The van der Waals surface area contributed by atoms with Gasteiger partial charge in [0.1, 0.15) is 17.3 Å². The molecule has 4 rings (SSSR count). The van der Waals surface area contributed by atoms with Gasteiger partial charge < -0.3 is 14.4 Å². The van der Waals surface area contributed by atoms with Gasteiger partial charge in [0.2, 0.25) is 0 Å². The summed E-state index contributed by atoms with van der Waals surface area (Å²) in [5, 5.41) is 0.523. The van der Waals surface area contributed by atoms with Crippen LogP contribution >= 0.6 is 0 Å². The van der Waals surface area contributed by atoms with E-state index in [1.807, 2.05) is 49.4 Å². The minimum atomic E-state index is -0.511. The molecule has 0 aliphatic carbocycles. The van der Waals surface area contributed by atoms with Crippen LogP contribution in [0.25, 0.3) is 16.6 Å². The van der Waals surface area contributed by atoms with Gasteiger partial charge in [0.05, 0.1) is 36.9 Å². The molecule has 1 aromatic heterocycles. The first-order valence-corrected chi connectivity index (χ1v) is 11.5. The number of amides is 1. The van der Waals surface area contributed by atoms with Gasteiger partial charge in [-0.2, -0.15) is 0 Å². The molecule has 4 aromatic rings. The fraction of sp³-hybridized carbons (Fsp3) is 0.250. The number of nitrogens with zero attached hydrogens (tertiary/aromatic N) is 3. The molecule has 0 N–H and O–H groups in total. The van der Waals surface area contributed by atoms with Crippen LogP contribution in [0.4, 0.5) is 0 Å². The summed E-state index contributed by atoms with van der Waals surface area (Å²) in [6.45, 7) is 3.95. The summed E-state index contributed by atoms with van der Waals surface area (Å²) in [4.78, 5) is 33.5. The molecule has 7 nitrogen and oxygen atoms in total. The maximum Gasteiger partial charge on any atom is 0.266 e. The van der Waals surface area contributed by atoms with Crippen molar-refractivity contribution in [3.63, 3.8) is 0 Å². The maximum atomic E-state index is 13.6. The average molecular weight is 472 g/mol. The minimum absolute atomic E-state index is 0.175. The molecule has 0 saturated carbocycles. The third-order valence-corrected chi connectivity index (χ3v) is 6.28. The van der Waals surface area contributed by atoms with E-state index in [2.05, 4.69) is 6.92 Å². The monoisotopic (exact) mass is 471 g/mol. The molecule has 0 aliphatic heterocycles. The van der Waals surface area contributed by atoms with E-state index >= 15 is 0 Å². The Kier molecular flexibility index (Phi) is 6.87. The Bertz CT molecular complexity index is 1400. The van der Waals surface area contributed by atoms with Crippen LogP contribution in [0.2, 0.25) is 0 Å². The van der Waals surface area contributed by atoms with E-state index in [1.165, 1.54) is 19.8 Å². The molecule has 0 spiro atoms. The normalized spacial score (nSPS) is 11.8. The van der Waals surface area contributed by atoms with Crippen LogP contribution in [0.1, 0.15) is 41.6 Å². The van der Waals surface area contributed by atoms with Crippen LogP contribution in [0.3, 0.4) is 0 Å². The van der Waals surface area contributed by atoms with Crippen molar-refractivity contribution in [2.75, 3.05) is 21.3 Å². The molecule has 3 aromatic carbocycles. The molecule has 7 heteroatoms. The van der Waals surface area contributed by atoms with Crippen molar-refractivity contribution >= 4 is 16.8 Å². The SMILES string of the molecule is CCc1ccc(-n2c(C(C)N(C)C(=O)c3cc(OC)cc(OC)c3)nc3ccccc3c2=O)cc1. The topological polar surface area (TPSA) is 73.7 Å². The predicted molar refractivity (Wildman–Crippen MR) is 137 cm³/mol. The van der Waals surface area contributed by atoms with Crippen molar-refractivity contribution in [2.45, 2.75) is 26.3 Å². The number of carbonyl (C=O) groups excluding carboxylic acids is 1. The second-order valence-electron chi connectivity index (χ2n) is 8.34. The van der Waals surface area contributed by atoms with Crippen LogP contribution in [-0.2, 0) is 6.42 Å². The van der Waals surface area contributed by atoms with Crippen LogP contribution in [-0.4, -0.2) is 41.6 Å². The lowest BCUT2D eigenvalue weighted by Gasteiger charge is -2.27. The van der Waals surface area contributed by atoms with Crippen molar-refractivity contribution in [2.24, 2.45) is 0 Å². The van der Waals surface area contributed by atoms with Crippen molar-refractivity contribution in [3.05, 3.63) is 94.0 Å². The smallest absolute Gasteiger partial charge is 0.266 e. The van der Waals surface area contributed by atoms with Gasteiger partial charge in [-0.3, -0.25) is 14.2 Å². The van der Waals surface area contributed by atoms with Crippen LogP contribution in [0.5, 0.6) is 11.5 Å². The van der Waals surface area contributed by atoms with Crippen molar-refractivity contribution in [1.82, 2.24) is 14.5 Å². The van der Waals surface area contributed by atoms with E-state index < -0.39 is 6.04 Å². The van der Waals surface area contributed by atoms with E-state index in [-0.39, 0.29) is 11.5 Å². The van der Waals surface area contributed by atoms with Gasteiger partial charge in [-0.05, 0) is 55.3 Å². The zero-order valence-electron chi connectivity index (χ0n) is 20.6. The van der Waals surface area contributed by atoms with Crippen molar-refractivity contribution in [1.29, 1.82) is 0 Å². The van der Waals surface area contributed by atoms with Gasteiger partial charge in [0.25, 0.3) is 11.5 Å². The molecule has 35 heavy (non-hydrogen) atoms. The third kappa shape index (κ3) is 4.62. The van der Waals surface area contributed by atoms with E-state index in [1.54, 1.807) is 40.8 Å². The number of para-hydroxylation sites is 1. The first-order chi connectivity index (χ1) is 16.9. The number of methoxy groups -OCH3 is 2. The second-order valence-corrected chi connectivity index (χ2v) is 8.34. The van der Waals surface area contributed by atoms with Gasteiger partial charge in [-0.1, -0.05) is 31.2 Å². The molecule has 1 amide bonds. The molecule has 1 unspecified atom stereocenters. The standard InChI is InChI=1S/C28H29N3O4/c1-6-19-11-13-21(14-12-19)31-26(29-25-10-8-7-9-24(25)28(31)33)18(2)30(3)27(32)20-15-22(34-4)17-23(16-20)35-5/h7-18H,6H2,1-5H3. The lowest BCUT2D eigenvalue weighted by molar-refractivity contribution is 0.0734. The number of ether oxygens (including phenoxy) is 2. The highest BCUT2D eigenvalue weighted by Gasteiger charge is 2.25. The van der Waals surface area contributed by atoms with E-state index in [0.29, 0.717) is 39.5 Å². The summed E-state index contributed by atoms with van der Waals surface area (Å²) < 4.78 is 12.2. The van der Waals surface area contributed by atoms with Crippen LogP contribution in [0.15, 0.2) is 71.5 Å². The van der Waals surface area contributed by atoms with Gasteiger partial charge in [0.15, 0.2) is 0 Å². The third-order valence-electron chi connectivity index (χ3n) is 6.28. The molecule has 0 saturated heterocycles. The second kappa shape index (κ2) is 10.0. The fourth-order valence-electron chi connectivity index (χ4n) is 4.04. The summed E-state index contributed by atoms with van der Waals surface area (Å²) in [7, 11) is 4.78. The molecule has 0 bridgehead atoms. The highest BCUT2D eigenvalue weighted by atomic mass is 16.5. The van der Waals surface area contributed by atoms with E-state index in [0.717, 1.165) is 6.42 Å². The Hall–Kier alpha value is -4.13. The lowest BCUT2D eigenvalue weighted by Crippen LogP contribution is -2.35. The number of aryl methyl sites for hydroxylation is 1. The zero-order chi connectivity index (χ0) is 25.1. The Morgan fingerprint density at radius 1 is 1.00 bits per heavy atom. The molecule has 1 atom stereocenters. The summed E-state index contributed by atoms with van der Waals surface area (Å²) in [6, 6.07) is 19.6. The maximum absolute atomic E-state index is 13.6. The quantitative estimate of drug-likeness (QED) is 0.387. The Labute approximate surface area is 204 Å². The van der Waals surface area contributed by atoms with Gasteiger partial charge in [-0.25, -0.2) is 4.98 Å². The number of aromatic nitrogens is 2. The molecular formula is C28H29N3O4. The fourth-order valence-corrected chi connectivity index (χ4v) is 4.04. The van der Waals surface area contributed by atoms with Crippen LogP contribution in [0, 0.1) is 0 Å². The summed E-state index contributed by atoms with van der Waals surface area (Å²) in [6.07, 6.45) is 0.898. The van der Waals surface area contributed by atoms with Crippen LogP contribution < -0.4 is 15.0 Å². The first-order valence-electron chi connectivity index (χ1n) is 11.5. The largest absolute Gasteiger partial charge is 0.497 e. The summed E-state index contributed by atoms with van der Waals surface area (Å²) >= 11 is 0. The average Bonchev–Trinajstić information content (AvgIpc) is 2.91. The highest BCUT2D eigenvalue weighted by Crippen LogP contribution is 2.27. The van der Waals surface area contributed by atoms with Gasteiger partial charge >= 0.3 is 0 Å². The number of carbonyl (C=O) groups is 1. The van der Waals surface area contributed by atoms with Crippen molar-refractivity contribution < 1.29 is 14.3 Å². The molecule has 1 heterocycles. The summed E-state index contributed by atoms with van der Waals surface area (Å²) in [5.74, 6) is 1.27. The van der Waals surface area contributed by atoms with Gasteiger partial charge in [-0.15, -0.1) is 0 Å². The molecule has 0 aliphatic rings. The predicted octanol–water partition coefficient (Wildman–Crippen LogP) is 4.80. The molecule has 180 valence electrons. The number of benzene rings is 3. The highest BCUT2D eigenvalue weighted by molar-refractivity contribution is 5.95. The van der Waals surface area contributed by atoms with E-state index in [4.69, 9.17) is 14.5 Å². The minimum Gasteiger partial charge on any atom is -0.497 e. The number of hydrogen-bond acceptors (Lipinski definition) is 5.